The van der Waals surface area contributed by atoms with Gasteiger partial charge in [-0.25, -0.2) is 9.37 Å². The van der Waals surface area contributed by atoms with Gasteiger partial charge in [0.15, 0.2) is 0 Å². The summed E-state index contributed by atoms with van der Waals surface area (Å²) in [6.45, 7) is 6.48. The maximum absolute atomic E-state index is 13.8. The van der Waals surface area contributed by atoms with Gasteiger partial charge in [0.05, 0.1) is 0 Å². The van der Waals surface area contributed by atoms with Crippen molar-refractivity contribution in [3.8, 4) is 10.6 Å². The molecule has 1 fully saturated rings. The molecule has 1 amide bonds. The van der Waals surface area contributed by atoms with Crippen molar-refractivity contribution in [3.63, 3.8) is 0 Å². The van der Waals surface area contributed by atoms with Crippen LogP contribution in [0.1, 0.15) is 43.1 Å². The zero-order chi connectivity index (χ0) is 18.4. The van der Waals surface area contributed by atoms with Crippen molar-refractivity contribution in [1.29, 1.82) is 0 Å². The van der Waals surface area contributed by atoms with Crippen LogP contribution in [0.15, 0.2) is 29.6 Å². The molecule has 3 rings (SSSR count). The first-order valence-corrected chi connectivity index (χ1v) is 10.2. The summed E-state index contributed by atoms with van der Waals surface area (Å²) >= 11 is 1.29. The number of carbonyl (C=O) groups is 1. The van der Waals surface area contributed by atoms with Gasteiger partial charge in [-0.15, -0.1) is 11.3 Å². The molecule has 1 N–H and O–H groups in total. The molecule has 1 aromatic heterocycles. The lowest BCUT2D eigenvalue weighted by Gasteiger charge is -2.30. The second-order valence-electron chi connectivity index (χ2n) is 7.00. The predicted molar refractivity (Wildman–Crippen MR) is 104 cm³/mol. The van der Waals surface area contributed by atoms with E-state index in [0.29, 0.717) is 22.8 Å². The summed E-state index contributed by atoms with van der Waals surface area (Å²) in [7, 11) is 0. The monoisotopic (exact) mass is 375 g/mol. The number of hydrogen-bond donors (Lipinski definition) is 1. The quantitative estimate of drug-likeness (QED) is 0.738. The molecule has 26 heavy (non-hydrogen) atoms. The molecule has 2 aromatic rings. The summed E-state index contributed by atoms with van der Waals surface area (Å²) in [4.78, 5) is 19.0. The number of aromatic nitrogens is 1. The fourth-order valence-corrected chi connectivity index (χ4v) is 4.00. The summed E-state index contributed by atoms with van der Waals surface area (Å²) in [5.74, 6) is 0.356. The number of rotatable bonds is 7. The Kier molecular flexibility index (Phi) is 6.74. The number of carbonyl (C=O) groups excluding carboxylic acids is 1. The van der Waals surface area contributed by atoms with Crippen LogP contribution < -0.4 is 5.32 Å². The van der Waals surface area contributed by atoms with Crippen LogP contribution in [0.3, 0.4) is 0 Å². The van der Waals surface area contributed by atoms with Gasteiger partial charge in [0.2, 0.25) is 0 Å². The molecule has 1 aliphatic heterocycles. The van der Waals surface area contributed by atoms with Crippen LogP contribution in [-0.2, 0) is 0 Å². The van der Waals surface area contributed by atoms with E-state index in [9.17, 15) is 9.18 Å². The number of piperidine rings is 1. The first-order chi connectivity index (χ1) is 12.6. The summed E-state index contributed by atoms with van der Waals surface area (Å²) in [5, 5.41) is 5.14. The number of benzene rings is 1. The maximum Gasteiger partial charge on any atom is 0.270 e. The Labute approximate surface area is 158 Å². The number of nitrogens with one attached hydrogen (secondary N) is 1. The molecule has 0 saturated carbocycles. The standard InChI is InChI=1S/C20H26FN3OS/c1-15-8-12-24(13-9-15)11-5-4-10-22-19(25)18-14-26-20(23-18)16-6-2-3-7-17(16)21/h2-3,6-7,14-15H,4-5,8-13H2,1H3,(H,22,25). The molecule has 140 valence electrons. The molecular formula is C20H26FN3OS. The van der Waals surface area contributed by atoms with Crippen molar-refractivity contribution in [2.75, 3.05) is 26.2 Å². The van der Waals surface area contributed by atoms with Crippen molar-refractivity contribution in [2.24, 2.45) is 5.92 Å². The van der Waals surface area contributed by atoms with Crippen LogP contribution in [0.2, 0.25) is 0 Å². The number of amides is 1. The van der Waals surface area contributed by atoms with Gasteiger partial charge in [-0.05, 0) is 63.4 Å². The summed E-state index contributed by atoms with van der Waals surface area (Å²) < 4.78 is 13.8. The van der Waals surface area contributed by atoms with Crippen molar-refractivity contribution in [3.05, 3.63) is 41.2 Å². The van der Waals surface area contributed by atoms with Crippen molar-refractivity contribution >= 4 is 17.2 Å². The van der Waals surface area contributed by atoms with E-state index in [1.807, 2.05) is 0 Å². The Balaban J connectivity index is 1.40. The van der Waals surface area contributed by atoms with E-state index >= 15 is 0 Å². The Morgan fingerprint density at radius 1 is 1.31 bits per heavy atom. The topological polar surface area (TPSA) is 45.2 Å². The summed E-state index contributed by atoms with van der Waals surface area (Å²) in [6.07, 6.45) is 4.64. The smallest absolute Gasteiger partial charge is 0.270 e. The lowest BCUT2D eigenvalue weighted by atomic mass is 9.99. The largest absolute Gasteiger partial charge is 0.351 e. The number of nitrogens with zero attached hydrogens (tertiary/aromatic N) is 2. The maximum atomic E-state index is 13.8. The zero-order valence-electron chi connectivity index (χ0n) is 15.2. The molecular weight excluding hydrogens is 349 g/mol. The molecule has 2 heterocycles. The van der Waals surface area contributed by atoms with E-state index in [1.165, 1.54) is 43.3 Å². The highest BCUT2D eigenvalue weighted by atomic mass is 32.1. The van der Waals surface area contributed by atoms with Crippen LogP contribution in [0, 0.1) is 11.7 Å². The molecule has 0 unspecified atom stereocenters. The van der Waals surface area contributed by atoms with E-state index in [0.717, 1.165) is 25.3 Å². The second kappa shape index (κ2) is 9.24. The Bertz CT molecular complexity index is 725. The molecule has 6 heteroatoms. The average molecular weight is 376 g/mol. The lowest BCUT2D eigenvalue weighted by Crippen LogP contribution is -2.34. The fraction of sp³-hybridized carbons (Fsp3) is 0.500. The zero-order valence-corrected chi connectivity index (χ0v) is 16.0. The van der Waals surface area contributed by atoms with Crippen molar-refractivity contribution in [1.82, 2.24) is 15.2 Å². The minimum Gasteiger partial charge on any atom is -0.351 e. The fourth-order valence-electron chi connectivity index (χ4n) is 3.17. The summed E-state index contributed by atoms with van der Waals surface area (Å²) in [6, 6.07) is 6.49. The molecule has 0 radical (unpaired) electrons. The molecule has 1 saturated heterocycles. The van der Waals surface area contributed by atoms with Crippen LogP contribution in [-0.4, -0.2) is 42.0 Å². The van der Waals surface area contributed by atoms with Gasteiger partial charge in [-0.2, -0.15) is 0 Å². The summed E-state index contributed by atoms with van der Waals surface area (Å²) in [5.41, 5.74) is 0.797. The Hall–Kier alpha value is -1.79. The SMILES string of the molecule is CC1CCN(CCCCNC(=O)c2csc(-c3ccccc3F)n2)CC1. The van der Waals surface area contributed by atoms with Gasteiger partial charge in [0, 0.05) is 17.5 Å². The van der Waals surface area contributed by atoms with Crippen LogP contribution in [0.25, 0.3) is 10.6 Å². The van der Waals surface area contributed by atoms with Crippen LogP contribution in [0.5, 0.6) is 0 Å². The lowest BCUT2D eigenvalue weighted by molar-refractivity contribution is 0.0948. The van der Waals surface area contributed by atoms with Crippen LogP contribution in [0.4, 0.5) is 4.39 Å². The third-order valence-electron chi connectivity index (χ3n) is 4.90. The van der Waals surface area contributed by atoms with Gasteiger partial charge in [0.25, 0.3) is 5.91 Å². The average Bonchev–Trinajstić information content (AvgIpc) is 3.13. The highest BCUT2D eigenvalue weighted by molar-refractivity contribution is 7.13. The number of likely N-dealkylation sites (tertiary alicyclic amines) is 1. The number of halogens is 1. The minimum atomic E-state index is -0.319. The number of unbranched alkanes of at least 4 members (excludes halogenated alkanes) is 1. The van der Waals surface area contributed by atoms with Gasteiger partial charge in [-0.3, -0.25) is 4.79 Å². The number of thiazole rings is 1. The third-order valence-corrected chi connectivity index (χ3v) is 5.78. The highest BCUT2D eigenvalue weighted by Crippen LogP contribution is 2.26. The predicted octanol–water partition coefficient (Wildman–Crippen LogP) is 4.19. The van der Waals surface area contributed by atoms with E-state index in [1.54, 1.807) is 23.6 Å². The van der Waals surface area contributed by atoms with Crippen molar-refractivity contribution in [2.45, 2.75) is 32.6 Å². The Morgan fingerprint density at radius 2 is 2.08 bits per heavy atom. The normalized spacial score (nSPS) is 15.9. The molecule has 1 aliphatic rings. The number of hydrogen-bond acceptors (Lipinski definition) is 4. The molecule has 0 aliphatic carbocycles. The van der Waals surface area contributed by atoms with Crippen molar-refractivity contribution < 1.29 is 9.18 Å². The first-order valence-electron chi connectivity index (χ1n) is 9.34. The molecule has 0 atom stereocenters. The molecule has 1 aromatic carbocycles. The van der Waals surface area contributed by atoms with E-state index in [-0.39, 0.29) is 11.7 Å². The highest BCUT2D eigenvalue weighted by Gasteiger charge is 2.15. The van der Waals surface area contributed by atoms with Gasteiger partial charge in [0.1, 0.15) is 16.5 Å². The van der Waals surface area contributed by atoms with E-state index in [2.05, 4.69) is 22.1 Å². The van der Waals surface area contributed by atoms with E-state index in [4.69, 9.17) is 0 Å². The van der Waals surface area contributed by atoms with Crippen LogP contribution >= 0.6 is 11.3 Å². The van der Waals surface area contributed by atoms with Gasteiger partial charge in [-0.1, -0.05) is 19.1 Å². The second-order valence-corrected chi connectivity index (χ2v) is 7.86. The molecule has 0 spiro atoms. The van der Waals surface area contributed by atoms with Gasteiger partial charge >= 0.3 is 0 Å². The minimum absolute atomic E-state index is 0.185. The molecule has 4 nitrogen and oxygen atoms in total. The molecule has 0 bridgehead atoms. The first kappa shape index (κ1) is 19.0. The Morgan fingerprint density at radius 3 is 2.85 bits per heavy atom. The third kappa shape index (κ3) is 5.11. The van der Waals surface area contributed by atoms with E-state index < -0.39 is 0 Å². The van der Waals surface area contributed by atoms with Gasteiger partial charge < -0.3 is 10.2 Å².